The zero-order valence-corrected chi connectivity index (χ0v) is 13.4. The maximum Gasteiger partial charge on any atom is 0.221 e. The van der Waals surface area contributed by atoms with Crippen molar-refractivity contribution in [3.8, 4) is 5.75 Å². The molecule has 21 heavy (non-hydrogen) atoms. The van der Waals surface area contributed by atoms with Crippen LogP contribution in [0.15, 0.2) is 28.7 Å². The number of amides is 1. The van der Waals surface area contributed by atoms with Crippen LogP contribution in [0, 0.1) is 0 Å². The molecule has 1 aromatic carbocycles. The molecule has 5 nitrogen and oxygen atoms in total. The molecule has 0 saturated heterocycles. The molecule has 116 valence electrons. The van der Waals surface area contributed by atoms with Gasteiger partial charge in [-0.2, -0.15) is 0 Å². The molecule has 1 aromatic rings. The van der Waals surface area contributed by atoms with Crippen LogP contribution < -0.4 is 15.4 Å². The Hall–Kier alpha value is -1.11. The van der Waals surface area contributed by atoms with E-state index >= 15 is 0 Å². The van der Waals surface area contributed by atoms with E-state index in [2.05, 4.69) is 26.6 Å². The number of halogens is 1. The monoisotopic (exact) mass is 356 g/mol. The highest BCUT2D eigenvalue weighted by molar-refractivity contribution is 9.10. The summed E-state index contributed by atoms with van der Waals surface area (Å²) in [6, 6.07) is 7.89. The number of ether oxygens (including phenoxy) is 1. The van der Waals surface area contributed by atoms with Crippen molar-refractivity contribution in [3.05, 3.63) is 28.7 Å². The number of nitrogens with one attached hydrogen (secondary N) is 2. The van der Waals surface area contributed by atoms with Crippen LogP contribution in [0.1, 0.15) is 19.3 Å². The second kappa shape index (κ2) is 8.36. The molecular formula is C15H21BrN2O3. The largest absolute Gasteiger partial charge is 0.491 e. The summed E-state index contributed by atoms with van der Waals surface area (Å²) < 4.78 is 6.43. The van der Waals surface area contributed by atoms with Gasteiger partial charge in [-0.25, -0.2) is 0 Å². The maximum absolute atomic E-state index is 11.4. The number of benzene rings is 1. The van der Waals surface area contributed by atoms with Crippen LogP contribution >= 0.6 is 15.9 Å². The van der Waals surface area contributed by atoms with Gasteiger partial charge in [0, 0.05) is 30.0 Å². The Labute approximate surface area is 133 Å². The Bertz CT molecular complexity index is 466. The highest BCUT2D eigenvalue weighted by atomic mass is 79.9. The minimum absolute atomic E-state index is 0.0740. The number of carbonyl (C=O) groups is 1. The van der Waals surface area contributed by atoms with Crippen molar-refractivity contribution in [2.45, 2.75) is 31.4 Å². The van der Waals surface area contributed by atoms with Crippen LogP contribution in [0.25, 0.3) is 0 Å². The van der Waals surface area contributed by atoms with Crippen molar-refractivity contribution in [1.82, 2.24) is 10.6 Å². The molecule has 1 amide bonds. The summed E-state index contributed by atoms with van der Waals surface area (Å²) in [6.07, 6.45) is 2.04. The number of hydrogen-bond acceptors (Lipinski definition) is 4. The van der Waals surface area contributed by atoms with Crippen LogP contribution in [0.5, 0.6) is 5.75 Å². The molecule has 3 N–H and O–H groups in total. The fraction of sp³-hybridized carbons (Fsp3) is 0.533. The van der Waals surface area contributed by atoms with Gasteiger partial charge in [0.1, 0.15) is 18.5 Å². The fourth-order valence-corrected chi connectivity index (χ4v) is 2.18. The average Bonchev–Trinajstić information content (AvgIpc) is 3.25. The lowest BCUT2D eigenvalue weighted by Crippen LogP contribution is -2.34. The van der Waals surface area contributed by atoms with E-state index in [0.29, 0.717) is 31.3 Å². The van der Waals surface area contributed by atoms with Gasteiger partial charge in [0.15, 0.2) is 0 Å². The Morgan fingerprint density at radius 1 is 1.48 bits per heavy atom. The summed E-state index contributed by atoms with van der Waals surface area (Å²) >= 11 is 3.36. The number of hydrogen-bond donors (Lipinski definition) is 3. The van der Waals surface area contributed by atoms with Crippen molar-refractivity contribution in [2.24, 2.45) is 0 Å². The first-order valence-corrected chi connectivity index (χ1v) is 7.99. The van der Waals surface area contributed by atoms with Gasteiger partial charge in [-0.05, 0) is 31.0 Å². The molecule has 1 atom stereocenters. The number of rotatable bonds is 9. The average molecular weight is 357 g/mol. The van der Waals surface area contributed by atoms with Crippen molar-refractivity contribution in [1.29, 1.82) is 0 Å². The topological polar surface area (TPSA) is 70.6 Å². The Morgan fingerprint density at radius 3 is 3.00 bits per heavy atom. The van der Waals surface area contributed by atoms with E-state index in [9.17, 15) is 9.90 Å². The third-order valence-corrected chi connectivity index (χ3v) is 3.58. The molecule has 0 aromatic heterocycles. The summed E-state index contributed by atoms with van der Waals surface area (Å²) in [4.78, 5) is 11.4. The lowest BCUT2D eigenvalue weighted by atomic mass is 10.3. The van der Waals surface area contributed by atoms with Crippen molar-refractivity contribution in [3.63, 3.8) is 0 Å². The van der Waals surface area contributed by atoms with E-state index < -0.39 is 6.10 Å². The van der Waals surface area contributed by atoms with Crippen LogP contribution in [0.3, 0.4) is 0 Å². The first-order chi connectivity index (χ1) is 10.1. The molecule has 1 saturated carbocycles. The summed E-state index contributed by atoms with van der Waals surface area (Å²) in [5.41, 5.74) is 0. The van der Waals surface area contributed by atoms with Crippen LogP contribution in [0.4, 0.5) is 0 Å². The molecule has 0 radical (unpaired) electrons. The van der Waals surface area contributed by atoms with Crippen molar-refractivity contribution < 1.29 is 14.6 Å². The normalized spacial score (nSPS) is 15.5. The summed E-state index contributed by atoms with van der Waals surface area (Å²) in [5, 5.41) is 15.8. The van der Waals surface area contributed by atoms with Crippen molar-refractivity contribution in [2.75, 3.05) is 19.7 Å². The molecule has 1 aliphatic carbocycles. The molecule has 0 bridgehead atoms. The molecule has 1 fully saturated rings. The van der Waals surface area contributed by atoms with Gasteiger partial charge in [-0.15, -0.1) is 0 Å². The minimum Gasteiger partial charge on any atom is -0.491 e. The number of aliphatic hydroxyl groups is 1. The van der Waals surface area contributed by atoms with Gasteiger partial charge < -0.3 is 20.5 Å². The quantitative estimate of drug-likeness (QED) is 0.585. The van der Waals surface area contributed by atoms with E-state index in [1.54, 1.807) is 0 Å². The molecule has 0 heterocycles. The van der Waals surface area contributed by atoms with Crippen LogP contribution in [-0.4, -0.2) is 42.9 Å². The summed E-state index contributed by atoms with van der Waals surface area (Å²) in [7, 11) is 0. The van der Waals surface area contributed by atoms with E-state index in [0.717, 1.165) is 17.3 Å². The smallest absolute Gasteiger partial charge is 0.221 e. The molecule has 0 spiro atoms. The minimum atomic E-state index is -0.601. The van der Waals surface area contributed by atoms with Gasteiger partial charge in [0.2, 0.25) is 5.91 Å². The maximum atomic E-state index is 11.4. The molecule has 0 aliphatic heterocycles. The Balaban J connectivity index is 1.52. The fourth-order valence-electron chi connectivity index (χ4n) is 1.81. The third kappa shape index (κ3) is 6.93. The van der Waals surface area contributed by atoms with E-state index in [4.69, 9.17) is 4.74 Å². The van der Waals surface area contributed by atoms with Gasteiger partial charge in [-0.1, -0.05) is 22.0 Å². The summed E-state index contributed by atoms with van der Waals surface area (Å²) in [5.74, 6) is 0.789. The zero-order valence-electron chi connectivity index (χ0n) is 11.8. The second-order valence-corrected chi connectivity index (χ2v) is 6.13. The first kappa shape index (κ1) is 16.3. The zero-order chi connectivity index (χ0) is 15.1. The van der Waals surface area contributed by atoms with Gasteiger partial charge in [0.05, 0.1) is 0 Å². The standard InChI is InChI=1S/C15H21BrN2O3/c16-11-2-1-3-14(8-11)21-10-13(19)9-17-7-6-15(20)18-12-4-5-12/h1-3,8,12-13,17,19H,4-7,9-10H2,(H,18,20). The molecular weight excluding hydrogens is 336 g/mol. The van der Waals surface area contributed by atoms with Gasteiger partial charge in [-0.3, -0.25) is 4.79 Å². The SMILES string of the molecule is O=C(CCNCC(O)COc1cccc(Br)c1)NC1CC1. The van der Waals surface area contributed by atoms with E-state index in [1.165, 1.54) is 0 Å². The molecule has 1 unspecified atom stereocenters. The second-order valence-electron chi connectivity index (χ2n) is 5.22. The van der Waals surface area contributed by atoms with Gasteiger partial charge in [0.25, 0.3) is 0 Å². The number of aliphatic hydroxyl groups excluding tert-OH is 1. The highest BCUT2D eigenvalue weighted by Gasteiger charge is 2.22. The summed E-state index contributed by atoms with van der Waals surface area (Å²) in [6.45, 7) is 1.19. The lowest BCUT2D eigenvalue weighted by Gasteiger charge is -2.13. The van der Waals surface area contributed by atoms with Crippen molar-refractivity contribution >= 4 is 21.8 Å². The predicted octanol–water partition coefficient (Wildman–Crippen LogP) is 1.45. The number of carbonyl (C=O) groups excluding carboxylic acids is 1. The Kier molecular flexibility index (Phi) is 6.48. The molecule has 2 rings (SSSR count). The van der Waals surface area contributed by atoms with E-state index in [1.807, 2.05) is 24.3 Å². The Morgan fingerprint density at radius 2 is 2.29 bits per heavy atom. The first-order valence-electron chi connectivity index (χ1n) is 7.20. The van der Waals surface area contributed by atoms with Crippen LogP contribution in [0.2, 0.25) is 0 Å². The van der Waals surface area contributed by atoms with Gasteiger partial charge >= 0.3 is 0 Å². The molecule has 1 aliphatic rings. The van der Waals surface area contributed by atoms with Crippen LogP contribution in [-0.2, 0) is 4.79 Å². The highest BCUT2D eigenvalue weighted by Crippen LogP contribution is 2.18. The predicted molar refractivity (Wildman–Crippen MR) is 84.3 cm³/mol. The molecule has 6 heteroatoms. The lowest BCUT2D eigenvalue weighted by molar-refractivity contribution is -0.121. The third-order valence-electron chi connectivity index (χ3n) is 3.09. The van der Waals surface area contributed by atoms with E-state index in [-0.39, 0.29) is 12.5 Å².